The van der Waals surface area contributed by atoms with E-state index in [-0.39, 0.29) is 0 Å². The van der Waals surface area contributed by atoms with Crippen molar-refractivity contribution in [1.29, 1.82) is 0 Å². The third kappa shape index (κ3) is 5.05. The van der Waals surface area contributed by atoms with Gasteiger partial charge in [0.25, 0.3) is 0 Å². The number of pyridine rings is 1. The summed E-state index contributed by atoms with van der Waals surface area (Å²) in [6, 6.07) is 5.96. The highest BCUT2D eigenvalue weighted by Crippen LogP contribution is 2.20. The normalized spacial score (nSPS) is 14.1. The molecule has 0 aromatic carbocycles. The first-order valence-corrected chi connectivity index (χ1v) is 8.70. The first-order chi connectivity index (χ1) is 11.8. The standard InChI is InChI=1S/C19H25N5/c1-15-13-18(21-12-9-16-5-3-2-4-6-16)24-19(23-15)22-14-17-7-10-20-11-8-17/h5,7-8,10-11,13H,2-4,6,9,12,14H2,1H3,(H2,21,22,23,24). The zero-order valence-electron chi connectivity index (χ0n) is 14.3. The molecule has 126 valence electrons. The number of aromatic nitrogens is 3. The third-order valence-electron chi connectivity index (χ3n) is 4.19. The highest BCUT2D eigenvalue weighted by Gasteiger charge is 2.05. The van der Waals surface area contributed by atoms with Crippen molar-refractivity contribution in [2.75, 3.05) is 17.2 Å². The minimum Gasteiger partial charge on any atom is -0.370 e. The average Bonchev–Trinajstić information content (AvgIpc) is 2.61. The van der Waals surface area contributed by atoms with Gasteiger partial charge in [0.1, 0.15) is 5.82 Å². The Labute approximate surface area is 143 Å². The monoisotopic (exact) mass is 323 g/mol. The molecule has 0 fully saturated rings. The SMILES string of the molecule is Cc1cc(NCCC2=CCCCC2)nc(NCc2ccncc2)n1. The quantitative estimate of drug-likeness (QED) is 0.751. The Bertz CT molecular complexity index is 681. The van der Waals surface area contributed by atoms with Crippen molar-refractivity contribution in [1.82, 2.24) is 15.0 Å². The van der Waals surface area contributed by atoms with E-state index in [1.807, 2.05) is 25.1 Å². The molecule has 2 aromatic rings. The molecular formula is C19H25N5. The van der Waals surface area contributed by atoms with Crippen molar-refractivity contribution in [3.63, 3.8) is 0 Å². The second-order valence-electron chi connectivity index (χ2n) is 6.21. The van der Waals surface area contributed by atoms with Crippen LogP contribution in [0.5, 0.6) is 0 Å². The maximum Gasteiger partial charge on any atom is 0.225 e. The highest BCUT2D eigenvalue weighted by atomic mass is 15.1. The van der Waals surface area contributed by atoms with Crippen LogP contribution in [0.1, 0.15) is 43.4 Å². The lowest BCUT2D eigenvalue weighted by Gasteiger charge is -2.14. The lowest BCUT2D eigenvalue weighted by Crippen LogP contribution is -2.09. The van der Waals surface area contributed by atoms with Gasteiger partial charge in [-0.05, 0) is 56.7 Å². The van der Waals surface area contributed by atoms with Gasteiger partial charge >= 0.3 is 0 Å². The second kappa shape index (κ2) is 8.43. The molecular weight excluding hydrogens is 298 g/mol. The summed E-state index contributed by atoms with van der Waals surface area (Å²) in [6.07, 6.45) is 12.3. The van der Waals surface area contributed by atoms with E-state index in [0.717, 1.165) is 30.0 Å². The first kappa shape index (κ1) is 16.4. The molecule has 0 radical (unpaired) electrons. The molecule has 0 unspecified atom stereocenters. The van der Waals surface area contributed by atoms with Crippen LogP contribution in [0.2, 0.25) is 0 Å². The molecule has 2 N–H and O–H groups in total. The lowest BCUT2D eigenvalue weighted by molar-refractivity contribution is 0.679. The van der Waals surface area contributed by atoms with E-state index >= 15 is 0 Å². The van der Waals surface area contributed by atoms with Crippen LogP contribution in [0.3, 0.4) is 0 Å². The molecule has 1 aliphatic carbocycles. The minimum atomic E-state index is 0.659. The summed E-state index contributed by atoms with van der Waals surface area (Å²) in [4.78, 5) is 13.0. The first-order valence-electron chi connectivity index (χ1n) is 8.70. The van der Waals surface area contributed by atoms with Crippen LogP contribution in [-0.4, -0.2) is 21.5 Å². The molecule has 0 bridgehead atoms. The average molecular weight is 323 g/mol. The minimum absolute atomic E-state index is 0.659. The van der Waals surface area contributed by atoms with Crippen molar-refractivity contribution >= 4 is 11.8 Å². The fourth-order valence-corrected chi connectivity index (χ4v) is 2.90. The molecule has 2 aromatic heterocycles. The largest absolute Gasteiger partial charge is 0.370 e. The number of anilines is 2. The van der Waals surface area contributed by atoms with Crippen LogP contribution < -0.4 is 10.6 Å². The molecule has 0 amide bonds. The molecule has 2 heterocycles. The van der Waals surface area contributed by atoms with E-state index < -0.39 is 0 Å². The van der Waals surface area contributed by atoms with E-state index in [2.05, 4.69) is 31.7 Å². The molecule has 1 aliphatic rings. The zero-order chi connectivity index (χ0) is 16.6. The van der Waals surface area contributed by atoms with E-state index in [4.69, 9.17) is 0 Å². The molecule has 24 heavy (non-hydrogen) atoms. The smallest absolute Gasteiger partial charge is 0.225 e. The summed E-state index contributed by atoms with van der Waals surface area (Å²) in [5.41, 5.74) is 3.70. The topological polar surface area (TPSA) is 62.7 Å². The maximum atomic E-state index is 4.56. The van der Waals surface area contributed by atoms with Crippen LogP contribution in [-0.2, 0) is 6.54 Å². The van der Waals surface area contributed by atoms with Crippen LogP contribution in [0.25, 0.3) is 0 Å². The zero-order valence-corrected chi connectivity index (χ0v) is 14.3. The molecule has 0 aliphatic heterocycles. The van der Waals surface area contributed by atoms with Gasteiger partial charge in [0, 0.05) is 37.2 Å². The van der Waals surface area contributed by atoms with Crippen molar-refractivity contribution < 1.29 is 0 Å². The Kier molecular flexibility index (Phi) is 5.77. The van der Waals surface area contributed by atoms with E-state index in [9.17, 15) is 0 Å². The van der Waals surface area contributed by atoms with Crippen molar-refractivity contribution in [2.45, 2.75) is 45.6 Å². The van der Waals surface area contributed by atoms with E-state index in [1.54, 1.807) is 18.0 Å². The van der Waals surface area contributed by atoms with Crippen molar-refractivity contribution in [2.24, 2.45) is 0 Å². The Morgan fingerprint density at radius 3 is 2.75 bits per heavy atom. The van der Waals surface area contributed by atoms with Crippen molar-refractivity contribution in [3.8, 4) is 0 Å². The number of aryl methyl sites for hydroxylation is 1. The molecule has 0 saturated carbocycles. The molecule has 0 spiro atoms. The van der Waals surface area contributed by atoms with Gasteiger partial charge in [-0.1, -0.05) is 11.6 Å². The van der Waals surface area contributed by atoms with E-state index in [0.29, 0.717) is 12.5 Å². The highest BCUT2D eigenvalue weighted by molar-refractivity contribution is 5.42. The van der Waals surface area contributed by atoms with Crippen molar-refractivity contribution in [3.05, 3.63) is 53.5 Å². The number of nitrogens with one attached hydrogen (secondary N) is 2. The maximum absolute atomic E-state index is 4.56. The van der Waals surface area contributed by atoms with Gasteiger partial charge in [0.2, 0.25) is 5.95 Å². The number of nitrogens with zero attached hydrogens (tertiary/aromatic N) is 3. The van der Waals surface area contributed by atoms with Gasteiger partial charge in [0.05, 0.1) is 0 Å². The molecule has 0 saturated heterocycles. The van der Waals surface area contributed by atoms with Gasteiger partial charge in [0.15, 0.2) is 0 Å². The predicted molar refractivity (Wildman–Crippen MR) is 98.0 cm³/mol. The number of rotatable bonds is 7. The van der Waals surface area contributed by atoms with Crippen LogP contribution in [0.15, 0.2) is 42.2 Å². The fraction of sp³-hybridized carbons (Fsp3) is 0.421. The third-order valence-corrected chi connectivity index (χ3v) is 4.19. The molecule has 3 rings (SSSR count). The van der Waals surface area contributed by atoms with Gasteiger partial charge in [-0.25, -0.2) is 4.98 Å². The Morgan fingerprint density at radius 2 is 1.96 bits per heavy atom. The Morgan fingerprint density at radius 1 is 1.08 bits per heavy atom. The second-order valence-corrected chi connectivity index (χ2v) is 6.21. The fourth-order valence-electron chi connectivity index (χ4n) is 2.90. The summed E-state index contributed by atoms with van der Waals surface area (Å²) in [5.74, 6) is 1.54. The lowest BCUT2D eigenvalue weighted by atomic mass is 9.97. The van der Waals surface area contributed by atoms with Gasteiger partial charge in [-0.3, -0.25) is 4.98 Å². The van der Waals surface area contributed by atoms with Gasteiger partial charge in [-0.2, -0.15) is 4.98 Å². The predicted octanol–water partition coefficient (Wildman–Crippen LogP) is 4.09. The molecule has 5 heteroatoms. The van der Waals surface area contributed by atoms with E-state index in [1.165, 1.54) is 25.7 Å². The number of allylic oxidation sites excluding steroid dienone is 1. The summed E-state index contributed by atoms with van der Waals surface area (Å²) >= 11 is 0. The molecule has 5 nitrogen and oxygen atoms in total. The van der Waals surface area contributed by atoms with Crippen LogP contribution >= 0.6 is 0 Å². The van der Waals surface area contributed by atoms with Gasteiger partial charge in [-0.15, -0.1) is 0 Å². The summed E-state index contributed by atoms with van der Waals surface area (Å²) in [6.45, 7) is 3.61. The summed E-state index contributed by atoms with van der Waals surface area (Å²) < 4.78 is 0. The Balaban J connectivity index is 1.54. The summed E-state index contributed by atoms with van der Waals surface area (Å²) in [5, 5.41) is 6.71. The van der Waals surface area contributed by atoms with Crippen LogP contribution in [0, 0.1) is 6.92 Å². The van der Waals surface area contributed by atoms with Crippen LogP contribution in [0.4, 0.5) is 11.8 Å². The number of hydrogen-bond acceptors (Lipinski definition) is 5. The van der Waals surface area contributed by atoms with Gasteiger partial charge < -0.3 is 10.6 Å². The molecule has 0 atom stereocenters. The summed E-state index contributed by atoms with van der Waals surface area (Å²) in [7, 11) is 0. The Hall–Kier alpha value is -2.43. The number of hydrogen-bond donors (Lipinski definition) is 2.